The molecule has 1 aliphatic heterocycles. The largest absolute Gasteiger partial charge is 0.380 e. The zero-order chi connectivity index (χ0) is 14.8. The predicted molar refractivity (Wildman–Crippen MR) is 84.4 cm³/mol. The van der Waals surface area contributed by atoms with Gasteiger partial charge in [-0.3, -0.25) is 4.79 Å². The fraction of sp³-hybridized carbons (Fsp3) is 0.312. The van der Waals surface area contributed by atoms with Crippen LogP contribution in [0.4, 0.5) is 5.69 Å². The Bertz CT molecular complexity index is 656. The number of benzene rings is 1. The lowest BCUT2D eigenvalue weighted by molar-refractivity contribution is 0.1000. The maximum absolute atomic E-state index is 11.4. The van der Waals surface area contributed by atoms with Crippen LogP contribution >= 0.6 is 0 Å². The van der Waals surface area contributed by atoms with E-state index in [0.717, 1.165) is 42.1 Å². The van der Waals surface area contributed by atoms with E-state index in [1.54, 1.807) is 0 Å². The van der Waals surface area contributed by atoms with Gasteiger partial charge in [0.25, 0.3) is 5.91 Å². The van der Waals surface area contributed by atoms with Crippen molar-refractivity contribution in [2.75, 3.05) is 18.4 Å². The van der Waals surface area contributed by atoms with Gasteiger partial charge in [-0.05, 0) is 32.0 Å². The molecule has 0 radical (unpaired) electrons. The standard InChI is InChI=1S/C16H20N4O/c1-10-13(16(17)21)8-15(19-10)12-4-2-3-5-14(12)20-11-6-7-18-9-11/h2-5,8,11,18-20H,6-7,9H2,1H3,(H2,17,21)/t11-/m1/s1. The number of amides is 1. The molecule has 3 rings (SSSR count). The van der Waals surface area contributed by atoms with Gasteiger partial charge in [0.05, 0.1) is 5.56 Å². The van der Waals surface area contributed by atoms with E-state index in [-0.39, 0.29) is 0 Å². The van der Waals surface area contributed by atoms with E-state index in [9.17, 15) is 4.79 Å². The maximum atomic E-state index is 11.4. The third-order valence-corrected chi connectivity index (χ3v) is 3.92. The van der Waals surface area contributed by atoms with Gasteiger partial charge >= 0.3 is 0 Å². The molecule has 0 saturated carbocycles. The van der Waals surface area contributed by atoms with Crippen LogP contribution in [0, 0.1) is 6.92 Å². The zero-order valence-corrected chi connectivity index (χ0v) is 12.1. The van der Waals surface area contributed by atoms with Gasteiger partial charge in [-0.2, -0.15) is 0 Å². The highest BCUT2D eigenvalue weighted by molar-refractivity contribution is 5.96. The molecule has 5 heteroatoms. The molecule has 1 aromatic heterocycles. The van der Waals surface area contributed by atoms with Crippen molar-refractivity contribution in [2.24, 2.45) is 5.73 Å². The number of para-hydroxylation sites is 1. The summed E-state index contributed by atoms with van der Waals surface area (Å²) in [5, 5.41) is 6.92. The van der Waals surface area contributed by atoms with Gasteiger partial charge in [-0.1, -0.05) is 18.2 Å². The predicted octanol–water partition coefficient (Wildman–Crippen LogP) is 1.86. The van der Waals surface area contributed by atoms with Crippen LogP contribution in [0.15, 0.2) is 30.3 Å². The summed E-state index contributed by atoms with van der Waals surface area (Å²) >= 11 is 0. The summed E-state index contributed by atoms with van der Waals surface area (Å²) in [7, 11) is 0. The number of H-pyrrole nitrogens is 1. The molecule has 1 amide bonds. The molecule has 21 heavy (non-hydrogen) atoms. The zero-order valence-electron chi connectivity index (χ0n) is 12.1. The smallest absolute Gasteiger partial charge is 0.250 e. The minimum atomic E-state index is -0.402. The van der Waals surface area contributed by atoms with Crippen LogP contribution in [0.3, 0.4) is 0 Å². The minimum Gasteiger partial charge on any atom is -0.380 e. The van der Waals surface area contributed by atoms with E-state index in [1.165, 1.54) is 0 Å². The summed E-state index contributed by atoms with van der Waals surface area (Å²) in [4.78, 5) is 14.7. The number of aryl methyl sites for hydroxylation is 1. The van der Waals surface area contributed by atoms with E-state index < -0.39 is 5.91 Å². The van der Waals surface area contributed by atoms with E-state index in [4.69, 9.17) is 5.73 Å². The number of carbonyl (C=O) groups is 1. The van der Waals surface area contributed by atoms with Crippen LogP contribution in [0.1, 0.15) is 22.5 Å². The van der Waals surface area contributed by atoms with E-state index in [0.29, 0.717) is 11.6 Å². The highest BCUT2D eigenvalue weighted by Crippen LogP contribution is 2.29. The molecule has 1 atom stereocenters. The number of rotatable bonds is 4. The Morgan fingerprint density at radius 1 is 1.38 bits per heavy atom. The molecule has 0 bridgehead atoms. The van der Waals surface area contributed by atoms with Gasteiger partial charge in [-0.25, -0.2) is 0 Å². The Kier molecular flexibility index (Phi) is 3.66. The average molecular weight is 284 g/mol. The lowest BCUT2D eigenvalue weighted by Gasteiger charge is -2.16. The first-order chi connectivity index (χ1) is 10.1. The van der Waals surface area contributed by atoms with Gasteiger partial charge < -0.3 is 21.4 Å². The Morgan fingerprint density at radius 3 is 2.86 bits per heavy atom. The second kappa shape index (κ2) is 5.61. The lowest BCUT2D eigenvalue weighted by Crippen LogP contribution is -2.22. The first-order valence-corrected chi connectivity index (χ1v) is 7.21. The first-order valence-electron chi connectivity index (χ1n) is 7.21. The third kappa shape index (κ3) is 2.78. The van der Waals surface area contributed by atoms with E-state index in [1.807, 2.05) is 31.2 Å². The summed E-state index contributed by atoms with van der Waals surface area (Å²) < 4.78 is 0. The molecule has 110 valence electrons. The molecule has 1 saturated heterocycles. The number of anilines is 1. The quantitative estimate of drug-likeness (QED) is 0.691. The maximum Gasteiger partial charge on any atom is 0.250 e. The van der Waals surface area contributed by atoms with Crippen LogP contribution in [0.2, 0.25) is 0 Å². The monoisotopic (exact) mass is 284 g/mol. The van der Waals surface area contributed by atoms with Gasteiger partial charge in [0.1, 0.15) is 0 Å². The van der Waals surface area contributed by atoms with Crippen LogP contribution in [-0.2, 0) is 0 Å². The molecular formula is C16H20N4O. The highest BCUT2D eigenvalue weighted by atomic mass is 16.1. The Morgan fingerprint density at radius 2 is 2.19 bits per heavy atom. The number of nitrogens with one attached hydrogen (secondary N) is 3. The molecule has 0 unspecified atom stereocenters. The van der Waals surface area contributed by atoms with Crippen molar-refractivity contribution in [1.29, 1.82) is 0 Å². The molecule has 2 aromatic rings. The first kappa shape index (κ1) is 13.7. The summed E-state index contributed by atoms with van der Waals surface area (Å²) in [6.07, 6.45) is 1.12. The highest BCUT2D eigenvalue weighted by Gasteiger charge is 2.17. The second-order valence-electron chi connectivity index (χ2n) is 5.47. The summed E-state index contributed by atoms with van der Waals surface area (Å²) in [6.45, 7) is 3.89. The van der Waals surface area contributed by atoms with Crippen LogP contribution < -0.4 is 16.4 Å². The SMILES string of the molecule is Cc1[nH]c(-c2ccccc2N[C@@H]2CCNC2)cc1C(N)=O. The van der Waals surface area contributed by atoms with Crippen LogP contribution in [0.25, 0.3) is 11.3 Å². The Balaban J connectivity index is 1.94. The molecule has 1 fully saturated rings. The van der Waals surface area contributed by atoms with Crippen molar-refractivity contribution in [3.8, 4) is 11.3 Å². The van der Waals surface area contributed by atoms with Gasteiger partial charge in [0.2, 0.25) is 0 Å². The molecule has 1 aliphatic rings. The fourth-order valence-electron chi connectivity index (χ4n) is 2.80. The number of carbonyl (C=O) groups excluding carboxylic acids is 1. The summed E-state index contributed by atoms with van der Waals surface area (Å²) in [5.74, 6) is -0.402. The number of hydrogen-bond acceptors (Lipinski definition) is 3. The summed E-state index contributed by atoms with van der Waals surface area (Å²) in [5.41, 5.74) is 9.78. The third-order valence-electron chi connectivity index (χ3n) is 3.92. The second-order valence-corrected chi connectivity index (χ2v) is 5.47. The Hall–Kier alpha value is -2.27. The van der Waals surface area contributed by atoms with E-state index >= 15 is 0 Å². The van der Waals surface area contributed by atoms with Crippen LogP contribution in [-0.4, -0.2) is 30.0 Å². The van der Waals surface area contributed by atoms with Crippen molar-refractivity contribution in [3.63, 3.8) is 0 Å². The van der Waals surface area contributed by atoms with Crippen LogP contribution in [0.5, 0.6) is 0 Å². The van der Waals surface area contributed by atoms with Crippen molar-refractivity contribution >= 4 is 11.6 Å². The van der Waals surface area contributed by atoms with Gasteiger partial charge in [0.15, 0.2) is 0 Å². The topological polar surface area (TPSA) is 82.9 Å². The molecule has 0 spiro atoms. The number of aromatic nitrogens is 1. The number of primary amides is 1. The van der Waals surface area contributed by atoms with Crippen molar-refractivity contribution in [1.82, 2.24) is 10.3 Å². The summed E-state index contributed by atoms with van der Waals surface area (Å²) in [6, 6.07) is 10.4. The Labute approximate surface area is 123 Å². The molecule has 1 aromatic carbocycles. The number of nitrogens with two attached hydrogens (primary N) is 1. The normalized spacial score (nSPS) is 17.9. The fourth-order valence-corrected chi connectivity index (χ4v) is 2.80. The lowest BCUT2D eigenvalue weighted by atomic mass is 10.1. The van der Waals surface area contributed by atoms with Crippen molar-refractivity contribution in [2.45, 2.75) is 19.4 Å². The molecular weight excluding hydrogens is 264 g/mol. The minimum absolute atomic E-state index is 0.402. The molecule has 5 N–H and O–H groups in total. The molecule has 2 heterocycles. The average Bonchev–Trinajstić information content (AvgIpc) is 3.09. The van der Waals surface area contributed by atoms with E-state index in [2.05, 4.69) is 21.7 Å². The molecule has 0 aliphatic carbocycles. The van der Waals surface area contributed by atoms with Gasteiger partial charge in [0, 0.05) is 35.2 Å². The number of hydrogen-bond donors (Lipinski definition) is 4. The van der Waals surface area contributed by atoms with Crippen molar-refractivity contribution < 1.29 is 4.79 Å². The molecule has 5 nitrogen and oxygen atoms in total. The number of aromatic amines is 1. The van der Waals surface area contributed by atoms with Gasteiger partial charge in [-0.15, -0.1) is 0 Å². The van der Waals surface area contributed by atoms with Crippen molar-refractivity contribution in [3.05, 3.63) is 41.6 Å².